The van der Waals surface area contributed by atoms with Crippen molar-refractivity contribution in [1.82, 2.24) is 9.97 Å². The predicted molar refractivity (Wildman–Crippen MR) is 65.7 cm³/mol. The number of carbonyl (C=O) groups excluding carboxylic acids is 1. The maximum atomic E-state index is 10.6. The molecule has 0 fully saturated rings. The number of rotatable bonds is 3. The fourth-order valence-corrected chi connectivity index (χ4v) is 2.47. The highest BCUT2D eigenvalue weighted by molar-refractivity contribution is 9.10. The molecule has 0 spiro atoms. The van der Waals surface area contributed by atoms with Crippen LogP contribution in [0.25, 0.3) is 0 Å². The molecular formula is C11H7BrN2OS. The molecule has 0 N–H and O–H groups in total. The van der Waals surface area contributed by atoms with Crippen molar-refractivity contribution in [3.63, 3.8) is 0 Å². The van der Waals surface area contributed by atoms with E-state index in [4.69, 9.17) is 0 Å². The molecule has 1 aromatic carbocycles. The zero-order chi connectivity index (χ0) is 11.4. The number of aldehydes is 1. The first kappa shape index (κ1) is 11.3. The minimum absolute atomic E-state index is 0.644. The van der Waals surface area contributed by atoms with Gasteiger partial charge in [-0.15, -0.1) is 0 Å². The summed E-state index contributed by atoms with van der Waals surface area (Å²) in [4.78, 5) is 19.8. The Morgan fingerprint density at radius 2 is 2.00 bits per heavy atom. The maximum Gasteiger partial charge on any atom is 0.192 e. The number of halogens is 1. The molecule has 2 aromatic rings. The Hall–Kier alpha value is -1.20. The Balaban J connectivity index is 2.25. The van der Waals surface area contributed by atoms with Crippen LogP contribution in [0.4, 0.5) is 0 Å². The maximum absolute atomic E-state index is 10.6. The van der Waals surface area contributed by atoms with Gasteiger partial charge >= 0.3 is 0 Å². The van der Waals surface area contributed by atoms with E-state index in [-0.39, 0.29) is 0 Å². The van der Waals surface area contributed by atoms with Gasteiger partial charge in [0.1, 0.15) is 6.29 Å². The molecule has 16 heavy (non-hydrogen) atoms. The first-order chi connectivity index (χ1) is 7.79. The molecule has 3 nitrogen and oxygen atoms in total. The van der Waals surface area contributed by atoms with E-state index in [0.717, 1.165) is 15.7 Å². The molecule has 0 saturated carbocycles. The second-order valence-corrected chi connectivity index (χ2v) is 4.80. The molecular weight excluding hydrogens is 288 g/mol. The van der Waals surface area contributed by atoms with E-state index in [0.29, 0.717) is 10.7 Å². The van der Waals surface area contributed by atoms with Gasteiger partial charge in [-0.3, -0.25) is 4.79 Å². The molecule has 0 aliphatic heterocycles. The lowest BCUT2D eigenvalue weighted by molar-refractivity contribution is 0.112. The standard InChI is InChI=1S/C11H7BrN2OS/c12-9-6-8(7-15)2-3-10(9)16-11-13-4-1-5-14-11/h1-7H. The molecule has 0 bridgehead atoms. The van der Waals surface area contributed by atoms with Crippen molar-refractivity contribution < 1.29 is 4.79 Å². The Bertz CT molecular complexity index is 505. The lowest BCUT2D eigenvalue weighted by atomic mass is 10.2. The van der Waals surface area contributed by atoms with Crippen LogP contribution in [-0.2, 0) is 0 Å². The summed E-state index contributed by atoms with van der Waals surface area (Å²) in [6.07, 6.45) is 4.21. The minimum atomic E-state index is 0.644. The summed E-state index contributed by atoms with van der Waals surface area (Å²) in [5, 5.41) is 0.682. The Kier molecular flexibility index (Phi) is 3.69. The second-order valence-electron chi connectivity index (χ2n) is 2.94. The molecule has 1 aromatic heterocycles. The topological polar surface area (TPSA) is 42.9 Å². The summed E-state index contributed by atoms with van der Waals surface area (Å²) < 4.78 is 0.870. The van der Waals surface area contributed by atoms with Crippen LogP contribution in [-0.4, -0.2) is 16.3 Å². The van der Waals surface area contributed by atoms with Gasteiger partial charge in [0, 0.05) is 27.3 Å². The summed E-state index contributed by atoms with van der Waals surface area (Å²) in [7, 11) is 0. The molecule has 0 amide bonds. The number of hydrogen-bond donors (Lipinski definition) is 0. The van der Waals surface area contributed by atoms with Gasteiger partial charge < -0.3 is 0 Å². The Morgan fingerprint density at radius 3 is 2.62 bits per heavy atom. The average molecular weight is 295 g/mol. The quantitative estimate of drug-likeness (QED) is 0.644. The van der Waals surface area contributed by atoms with Crippen LogP contribution in [0, 0.1) is 0 Å². The zero-order valence-electron chi connectivity index (χ0n) is 8.13. The molecule has 0 unspecified atom stereocenters. The van der Waals surface area contributed by atoms with Gasteiger partial charge in [0.15, 0.2) is 5.16 Å². The number of hydrogen-bond acceptors (Lipinski definition) is 4. The van der Waals surface area contributed by atoms with E-state index in [1.807, 2.05) is 6.07 Å². The third kappa shape index (κ3) is 2.68. The molecule has 0 atom stereocenters. The van der Waals surface area contributed by atoms with Gasteiger partial charge in [0.25, 0.3) is 0 Å². The van der Waals surface area contributed by atoms with Gasteiger partial charge in [-0.05, 0) is 45.9 Å². The Morgan fingerprint density at radius 1 is 1.25 bits per heavy atom. The highest BCUT2D eigenvalue weighted by Crippen LogP contribution is 2.31. The van der Waals surface area contributed by atoms with Gasteiger partial charge in [-0.25, -0.2) is 9.97 Å². The van der Waals surface area contributed by atoms with Crippen molar-refractivity contribution in [2.75, 3.05) is 0 Å². The van der Waals surface area contributed by atoms with Crippen molar-refractivity contribution in [1.29, 1.82) is 0 Å². The summed E-state index contributed by atoms with van der Waals surface area (Å²) in [6, 6.07) is 7.19. The van der Waals surface area contributed by atoms with Crippen molar-refractivity contribution in [3.05, 3.63) is 46.7 Å². The van der Waals surface area contributed by atoms with Crippen molar-refractivity contribution in [2.24, 2.45) is 0 Å². The molecule has 0 radical (unpaired) electrons. The molecule has 5 heteroatoms. The summed E-state index contributed by atoms with van der Waals surface area (Å²) in [6.45, 7) is 0. The van der Waals surface area contributed by atoms with Gasteiger partial charge in [-0.1, -0.05) is 6.07 Å². The molecule has 0 saturated heterocycles. The van der Waals surface area contributed by atoms with Crippen LogP contribution >= 0.6 is 27.7 Å². The number of nitrogens with zero attached hydrogens (tertiary/aromatic N) is 2. The monoisotopic (exact) mass is 294 g/mol. The molecule has 0 aliphatic rings. The summed E-state index contributed by atoms with van der Waals surface area (Å²) in [5.41, 5.74) is 0.644. The number of benzene rings is 1. The lowest BCUT2D eigenvalue weighted by Crippen LogP contribution is -1.85. The first-order valence-corrected chi connectivity index (χ1v) is 6.10. The van der Waals surface area contributed by atoms with Crippen molar-refractivity contribution in [2.45, 2.75) is 10.1 Å². The largest absolute Gasteiger partial charge is 0.298 e. The van der Waals surface area contributed by atoms with E-state index in [1.165, 1.54) is 11.8 Å². The minimum Gasteiger partial charge on any atom is -0.298 e. The van der Waals surface area contributed by atoms with Gasteiger partial charge in [0.2, 0.25) is 0 Å². The molecule has 0 aliphatic carbocycles. The fourth-order valence-electron chi connectivity index (χ4n) is 1.11. The van der Waals surface area contributed by atoms with Crippen LogP contribution < -0.4 is 0 Å². The van der Waals surface area contributed by atoms with Crippen LogP contribution in [0.2, 0.25) is 0 Å². The zero-order valence-corrected chi connectivity index (χ0v) is 10.5. The SMILES string of the molecule is O=Cc1ccc(Sc2ncccn2)c(Br)c1. The lowest BCUT2D eigenvalue weighted by Gasteiger charge is -2.02. The van der Waals surface area contributed by atoms with Crippen molar-refractivity contribution >= 4 is 34.0 Å². The first-order valence-electron chi connectivity index (χ1n) is 4.49. The Labute approximate surface area is 105 Å². The van der Waals surface area contributed by atoms with Crippen molar-refractivity contribution in [3.8, 4) is 0 Å². The summed E-state index contributed by atoms with van der Waals surface area (Å²) >= 11 is 4.86. The van der Waals surface area contributed by atoms with Crippen LogP contribution in [0.15, 0.2) is 51.2 Å². The highest BCUT2D eigenvalue weighted by Gasteiger charge is 2.04. The van der Waals surface area contributed by atoms with E-state index in [2.05, 4.69) is 25.9 Å². The fraction of sp³-hybridized carbons (Fsp3) is 0. The van der Waals surface area contributed by atoms with E-state index in [1.54, 1.807) is 30.6 Å². The normalized spacial score (nSPS) is 10.1. The number of aromatic nitrogens is 2. The van der Waals surface area contributed by atoms with E-state index in [9.17, 15) is 4.79 Å². The van der Waals surface area contributed by atoms with Gasteiger partial charge in [0.05, 0.1) is 0 Å². The molecule has 1 heterocycles. The summed E-state index contributed by atoms with van der Waals surface area (Å²) in [5.74, 6) is 0. The van der Waals surface area contributed by atoms with E-state index < -0.39 is 0 Å². The molecule has 80 valence electrons. The van der Waals surface area contributed by atoms with Gasteiger partial charge in [-0.2, -0.15) is 0 Å². The predicted octanol–water partition coefficient (Wildman–Crippen LogP) is 3.20. The van der Waals surface area contributed by atoms with E-state index >= 15 is 0 Å². The van der Waals surface area contributed by atoms with Crippen LogP contribution in [0.5, 0.6) is 0 Å². The van der Waals surface area contributed by atoms with Crippen LogP contribution in [0.1, 0.15) is 10.4 Å². The number of carbonyl (C=O) groups is 1. The van der Waals surface area contributed by atoms with Crippen LogP contribution in [0.3, 0.4) is 0 Å². The third-order valence-corrected chi connectivity index (χ3v) is 3.72. The average Bonchev–Trinajstić information content (AvgIpc) is 2.33. The third-order valence-electron chi connectivity index (χ3n) is 1.84. The second kappa shape index (κ2) is 5.23. The smallest absolute Gasteiger partial charge is 0.192 e. The molecule has 2 rings (SSSR count). The highest BCUT2D eigenvalue weighted by atomic mass is 79.9.